The number of rotatable bonds is 9. The zero-order chi connectivity index (χ0) is 20.6. The van der Waals surface area contributed by atoms with Gasteiger partial charge >= 0.3 is 5.97 Å². The summed E-state index contributed by atoms with van der Waals surface area (Å²) in [7, 11) is 0. The molecule has 2 heterocycles. The van der Waals surface area contributed by atoms with Crippen LogP contribution in [0, 0.1) is 11.8 Å². The van der Waals surface area contributed by atoms with Crippen molar-refractivity contribution in [2.45, 2.75) is 50.5 Å². The van der Waals surface area contributed by atoms with E-state index in [1.807, 2.05) is 6.07 Å². The average Bonchev–Trinajstić information content (AvgIpc) is 3.58. The minimum atomic E-state index is -0.198. The van der Waals surface area contributed by atoms with Crippen molar-refractivity contribution < 1.29 is 19.1 Å². The van der Waals surface area contributed by atoms with Gasteiger partial charge in [-0.2, -0.15) is 0 Å². The van der Waals surface area contributed by atoms with E-state index in [-0.39, 0.29) is 29.6 Å². The molecule has 1 aromatic heterocycles. The van der Waals surface area contributed by atoms with Crippen LogP contribution in [0.2, 0.25) is 0 Å². The standard InChI is InChI=1S/C20H28N4O4S/c1-2-28-20(27)15-5-3-11-24(13-15)18(25)6-4-12-29-17-10-9-16(22-23-17)21-19(26)14-7-8-14/h9-10,14-15H,2-8,11-13H2,1H3,(H,21,22,26). The third-order valence-corrected chi connectivity index (χ3v) is 6.02. The van der Waals surface area contributed by atoms with Gasteiger partial charge in [-0.05, 0) is 51.2 Å². The Labute approximate surface area is 175 Å². The highest BCUT2D eigenvalue weighted by molar-refractivity contribution is 7.99. The van der Waals surface area contributed by atoms with E-state index in [9.17, 15) is 14.4 Å². The average molecular weight is 421 g/mol. The van der Waals surface area contributed by atoms with Crippen LogP contribution in [-0.4, -0.2) is 58.3 Å². The van der Waals surface area contributed by atoms with Crippen LogP contribution in [0.15, 0.2) is 17.2 Å². The molecule has 8 nitrogen and oxygen atoms in total. The number of carbonyl (C=O) groups excluding carboxylic acids is 3. The lowest BCUT2D eigenvalue weighted by Gasteiger charge is -2.31. The summed E-state index contributed by atoms with van der Waals surface area (Å²) in [5.41, 5.74) is 0. The molecule has 1 aliphatic heterocycles. The Bertz CT molecular complexity index is 724. The third-order valence-electron chi connectivity index (χ3n) is 5.02. The van der Waals surface area contributed by atoms with Gasteiger partial charge in [-0.1, -0.05) is 0 Å². The Morgan fingerprint density at radius 3 is 2.72 bits per heavy atom. The van der Waals surface area contributed by atoms with Crippen LogP contribution < -0.4 is 5.32 Å². The molecule has 1 N–H and O–H groups in total. The smallest absolute Gasteiger partial charge is 0.310 e. The fraction of sp³-hybridized carbons (Fsp3) is 0.650. The highest BCUT2D eigenvalue weighted by Gasteiger charge is 2.30. The number of thioether (sulfide) groups is 1. The van der Waals surface area contributed by atoms with Gasteiger partial charge in [0.1, 0.15) is 5.03 Å². The summed E-state index contributed by atoms with van der Waals surface area (Å²) < 4.78 is 5.08. The van der Waals surface area contributed by atoms with Crippen molar-refractivity contribution >= 4 is 35.4 Å². The molecule has 158 valence electrons. The highest BCUT2D eigenvalue weighted by atomic mass is 32.2. The molecule has 2 fully saturated rings. The molecule has 1 unspecified atom stereocenters. The van der Waals surface area contributed by atoms with Gasteiger partial charge in [0, 0.05) is 31.2 Å². The van der Waals surface area contributed by atoms with E-state index < -0.39 is 0 Å². The Balaban J connectivity index is 1.34. The zero-order valence-electron chi connectivity index (χ0n) is 16.8. The van der Waals surface area contributed by atoms with Crippen molar-refractivity contribution in [1.29, 1.82) is 0 Å². The molecule has 0 spiro atoms. The molecule has 0 bridgehead atoms. The van der Waals surface area contributed by atoms with E-state index in [1.54, 1.807) is 17.9 Å². The number of esters is 1. The Morgan fingerprint density at radius 1 is 1.21 bits per heavy atom. The molecule has 9 heteroatoms. The number of carbonyl (C=O) groups is 3. The van der Waals surface area contributed by atoms with Gasteiger partial charge in [-0.3, -0.25) is 14.4 Å². The van der Waals surface area contributed by atoms with Crippen LogP contribution in [0.4, 0.5) is 5.82 Å². The first kappa shape index (κ1) is 21.5. The van der Waals surface area contributed by atoms with E-state index in [0.717, 1.165) is 42.9 Å². The van der Waals surface area contributed by atoms with Gasteiger partial charge in [0.2, 0.25) is 11.8 Å². The summed E-state index contributed by atoms with van der Waals surface area (Å²) >= 11 is 1.54. The van der Waals surface area contributed by atoms with Crippen LogP contribution in [-0.2, 0) is 19.1 Å². The number of hydrogen-bond donors (Lipinski definition) is 1. The number of hydrogen-bond acceptors (Lipinski definition) is 7. The topological polar surface area (TPSA) is 101 Å². The second-order valence-corrected chi connectivity index (χ2v) is 8.52. The minimum absolute atomic E-state index is 0.0149. The Hall–Kier alpha value is -2.16. The summed E-state index contributed by atoms with van der Waals surface area (Å²) in [4.78, 5) is 37.8. The molecule has 2 aliphatic rings. The number of nitrogens with zero attached hydrogens (tertiary/aromatic N) is 3. The number of anilines is 1. The summed E-state index contributed by atoms with van der Waals surface area (Å²) in [6, 6.07) is 3.58. The molecule has 1 saturated heterocycles. The Kier molecular flexibility index (Phi) is 7.85. The summed E-state index contributed by atoms with van der Waals surface area (Å²) in [6.45, 7) is 3.34. The SMILES string of the molecule is CCOC(=O)C1CCCN(C(=O)CCCSc2ccc(NC(=O)C3CC3)nn2)C1. The fourth-order valence-corrected chi connectivity index (χ4v) is 4.01. The van der Waals surface area contributed by atoms with Crippen LogP contribution in [0.1, 0.15) is 45.4 Å². The molecule has 29 heavy (non-hydrogen) atoms. The van der Waals surface area contributed by atoms with Gasteiger partial charge in [0.05, 0.1) is 12.5 Å². The quantitative estimate of drug-likeness (QED) is 0.372. The highest BCUT2D eigenvalue weighted by Crippen LogP contribution is 2.30. The number of nitrogens with one attached hydrogen (secondary N) is 1. The maximum atomic E-state index is 12.4. The summed E-state index contributed by atoms with van der Waals surface area (Å²) in [5, 5.41) is 11.7. The van der Waals surface area contributed by atoms with Crippen LogP contribution in [0.25, 0.3) is 0 Å². The lowest BCUT2D eigenvalue weighted by Crippen LogP contribution is -2.42. The molecule has 3 rings (SSSR count). The van der Waals surface area contributed by atoms with Gasteiger partial charge < -0.3 is 15.0 Å². The Morgan fingerprint density at radius 2 is 2.03 bits per heavy atom. The van der Waals surface area contributed by atoms with E-state index in [1.165, 1.54) is 11.8 Å². The first-order chi connectivity index (χ1) is 14.1. The molecule has 1 atom stereocenters. The van der Waals surface area contributed by atoms with E-state index in [2.05, 4.69) is 15.5 Å². The molecule has 2 amide bonds. The van der Waals surface area contributed by atoms with Crippen molar-refractivity contribution in [3.8, 4) is 0 Å². The second-order valence-electron chi connectivity index (χ2n) is 7.40. The lowest BCUT2D eigenvalue weighted by atomic mass is 9.98. The van der Waals surface area contributed by atoms with Crippen molar-refractivity contribution in [3.05, 3.63) is 12.1 Å². The van der Waals surface area contributed by atoms with Crippen LogP contribution >= 0.6 is 11.8 Å². The molecule has 1 saturated carbocycles. The largest absolute Gasteiger partial charge is 0.466 e. The molecular formula is C20H28N4O4S. The first-order valence-corrected chi connectivity index (χ1v) is 11.3. The summed E-state index contributed by atoms with van der Waals surface area (Å²) in [6.07, 6.45) is 4.70. The van der Waals surface area contributed by atoms with E-state index in [0.29, 0.717) is 31.9 Å². The number of likely N-dealkylation sites (tertiary alicyclic amines) is 1. The maximum absolute atomic E-state index is 12.4. The van der Waals surface area contributed by atoms with Crippen molar-refractivity contribution in [1.82, 2.24) is 15.1 Å². The molecule has 0 radical (unpaired) electrons. The number of ether oxygens (including phenoxy) is 1. The maximum Gasteiger partial charge on any atom is 0.310 e. The fourth-order valence-electron chi connectivity index (χ4n) is 3.25. The number of aromatic nitrogens is 2. The summed E-state index contributed by atoms with van der Waals surface area (Å²) in [5.74, 6) is 1.07. The van der Waals surface area contributed by atoms with Gasteiger partial charge in [-0.25, -0.2) is 0 Å². The predicted molar refractivity (Wildman–Crippen MR) is 109 cm³/mol. The monoisotopic (exact) mass is 420 g/mol. The van der Waals surface area contributed by atoms with E-state index >= 15 is 0 Å². The van der Waals surface area contributed by atoms with Crippen molar-refractivity contribution in [2.24, 2.45) is 11.8 Å². The van der Waals surface area contributed by atoms with Crippen LogP contribution in [0.3, 0.4) is 0 Å². The molecular weight excluding hydrogens is 392 g/mol. The zero-order valence-corrected chi connectivity index (χ0v) is 17.6. The normalized spacial score (nSPS) is 18.9. The van der Waals surface area contributed by atoms with Crippen molar-refractivity contribution in [3.63, 3.8) is 0 Å². The molecule has 0 aromatic carbocycles. The second kappa shape index (κ2) is 10.6. The minimum Gasteiger partial charge on any atom is -0.466 e. The lowest BCUT2D eigenvalue weighted by molar-refractivity contribution is -0.151. The molecule has 1 aromatic rings. The van der Waals surface area contributed by atoms with Gasteiger partial charge in [0.25, 0.3) is 0 Å². The van der Waals surface area contributed by atoms with E-state index in [4.69, 9.17) is 4.74 Å². The third kappa shape index (κ3) is 6.69. The number of piperidine rings is 1. The first-order valence-electron chi connectivity index (χ1n) is 10.3. The van der Waals surface area contributed by atoms with Gasteiger partial charge in [-0.15, -0.1) is 22.0 Å². The predicted octanol–water partition coefficient (Wildman–Crippen LogP) is 2.50. The van der Waals surface area contributed by atoms with Gasteiger partial charge in [0.15, 0.2) is 5.82 Å². The number of amides is 2. The molecule has 1 aliphatic carbocycles. The van der Waals surface area contributed by atoms with Crippen LogP contribution in [0.5, 0.6) is 0 Å². The van der Waals surface area contributed by atoms with Crippen molar-refractivity contribution in [2.75, 3.05) is 30.8 Å².